The number of benzene rings is 1. The summed E-state index contributed by atoms with van der Waals surface area (Å²) < 4.78 is 0. The summed E-state index contributed by atoms with van der Waals surface area (Å²) in [6, 6.07) is 17.0. The summed E-state index contributed by atoms with van der Waals surface area (Å²) in [5.74, 6) is 0.887. The molecule has 0 amide bonds. The third-order valence-corrected chi connectivity index (χ3v) is 4.48. The SMILES string of the molecule is Oc1ccc(CN(Cc2cccnc2)Cc2cnc(-c3ccccn3)nc2)cc1. The van der Waals surface area contributed by atoms with E-state index in [2.05, 4.69) is 30.9 Å². The molecule has 0 fully saturated rings. The number of hydrogen-bond acceptors (Lipinski definition) is 6. The van der Waals surface area contributed by atoms with Gasteiger partial charge in [0.25, 0.3) is 0 Å². The van der Waals surface area contributed by atoms with E-state index in [1.807, 2.05) is 55.0 Å². The number of phenols is 1. The topological polar surface area (TPSA) is 75.0 Å². The first-order chi connectivity index (χ1) is 14.3. The Hall–Kier alpha value is -3.64. The van der Waals surface area contributed by atoms with Crippen LogP contribution in [0.4, 0.5) is 0 Å². The maximum atomic E-state index is 9.54. The molecule has 0 saturated carbocycles. The van der Waals surface area contributed by atoms with Crippen LogP contribution in [0.2, 0.25) is 0 Å². The van der Waals surface area contributed by atoms with Crippen LogP contribution >= 0.6 is 0 Å². The lowest BCUT2D eigenvalue weighted by atomic mass is 10.1. The van der Waals surface area contributed by atoms with Gasteiger partial charge in [-0.15, -0.1) is 0 Å². The number of nitrogens with zero attached hydrogens (tertiary/aromatic N) is 5. The first-order valence-corrected chi connectivity index (χ1v) is 9.38. The number of aromatic hydroxyl groups is 1. The van der Waals surface area contributed by atoms with Crippen molar-refractivity contribution in [2.45, 2.75) is 19.6 Å². The highest BCUT2D eigenvalue weighted by molar-refractivity contribution is 5.47. The van der Waals surface area contributed by atoms with E-state index in [1.54, 1.807) is 24.5 Å². The predicted molar refractivity (Wildman–Crippen MR) is 111 cm³/mol. The molecule has 0 unspecified atom stereocenters. The largest absolute Gasteiger partial charge is 0.508 e. The summed E-state index contributed by atoms with van der Waals surface area (Å²) in [5, 5.41) is 9.54. The fourth-order valence-corrected chi connectivity index (χ4v) is 3.10. The van der Waals surface area contributed by atoms with E-state index >= 15 is 0 Å². The Bertz CT molecular complexity index is 1020. The summed E-state index contributed by atoms with van der Waals surface area (Å²) >= 11 is 0. The van der Waals surface area contributed by atoms with E-state index in [9.17, 15) is 5.11 Å². The molecule has 6 nitrogen and oxygen atoms in total. The van der Waals surface area contributed by atoms with Gasteiger partial charge < -0.3 is 5.11 Å². The molecular formula is C23H21N5O. The second-order valence-electron chi connectivity index (χ2n) is 6.80. The van der Waals surface area contributed by atoms with Gasteiger partial charge in [-0.2, -0.15) is 0 Å². The molecule has 29 heavy (non-hydrogen) atoms. The van der Waals surface area contributed by atoms with Crippen molar-refractivity contribution in [1.82, 2.24) is 24.8 Å². The van der Waals surface area contributed by atoms with Gasteiger partial charge >= 0.3 is 0 Å². The van der Waals surface area contributed by atoms with Crippen molar-refractivity contribution in [3.05, 3.63) is 102 Å². The second kappa shape index (κ2) is 9.03. The minimum atomic E-state index is 0.270. The van der Waals surface area contributed by atoms with Crippen LogP contribution in [0.5, 0.6) is 5.75 Å². The summed E-state index contributed by atoms with van der Waals surface area (Å²) in [7, 11) is 0. The summed E-state index contributed by atoms with van der Waals surface area (Å²) in [6.45, 7) is 2.17. The maximum Gasteiger partial charge on any atom is 0.178 e. The van der Waals surface area contributed by atoms with Crippen molar-refractivity contribution in [3.63, 3.8) is 0 Å². The average molecular weight is 383 g/mol. The quantitative estimate of drug-likeness (QED) is 0.523. The van der Waals surface area contributed by atoms with E-state index < -0.39 is 0 Å². The van der Waals surface area contributed by atoms with Gasteiger partial charge in [-0.3, -0.25) is 14.9 Å². The Morgan fingerprint density at radius 3 is 2.10 bits per heavy atom. The number of rotatable bonds is 7. The standard InChI is InChI=1S/C23H21N5O/c29-21-8-6-18(7-9-21)15-28(16-19-4-3-10-24-12-19)17-20-13-26-23(27-14-20)22-5-1-2-11-25-22/h1-14,29H,15-17H2. The molecule has 6 heteroatoms. The van der Waals surface area contributed by atoms with E-state index in [-0.39, 0.29) is 5.75 Å². The van der Waals surface area contributed by atoms with Crippen molar-refractivity contribution < 1.29 is 5.11 Å². The van der Waals surface area contributed by atoms with Crippen molar-refractivity contribution in [3.8, 4) is 17.3 Å². The summed E-state index contributed by atoms with van der Waals surface area (Å²) in [6.07, 6.45) is 9.09. The molecule has 0 spiro atoms. The Morgan fingerprint density at radius 2 is 1.41 bits per heavy atom. The molecule has 4 aromatic rings. The van der Waals surface area contributed by atoms with E-state index in [0.717, 1.165) is 35.5 Å². The van der Waals surface area contributed by atoms with Crippen molar-refractivity contribution >= 4 is 0 Å². The van der Waals surface area contributed by atoms with Gasteiger partial charge in [0.2, 0.25) is 0 Å². The van der Waals surface area contributed by atoms with Gasteiger partial charge in [0.1, 0.15) is 11.4 Å². The predicted octanol–water partition coefficient (Wildman–Crippen LogP) is 3.84. The highest BCUT2D eigenvalue weighted by atomic mass is 16.3. The van der Waals surface area contributed by atoms with Crippen molar-refractivity contribution in [2.75, 3.05) is 0 Å². The number of phenolic OH excluding ortho intramolecular Hbond substituents is 1. The molecule has 0 radical (unpaired) electrons. The second-order valence-corrected chi connectivity index (χ2v) is 6.80. The van der Waals surface area contributed by atoms with Crippen LogP contribution in [0.15, 0.2) is 85.6 Å². The van der Waals surface area contributed by atoms with Crippen LogP contribution in [-0.4, -0.2) is 29.9 Å². The fraction of sp³-hybridized carbons (Fsp3) is 0.130. The van der Waals surface area contributed by atoms with Gasteiger partial charge in [0.15, 0.2) is 5.82 Å². The zero-order chi connectivity index (χ0) is 19.9. The van der Waals surface area contributed by atoms with E-state index in [0.29, 0.717) is 12.4 Å². The van der Waals surface area contributed by atoms with Crippen LogP contribution in [0, 0.1) is 0 Å². The number of pyridine rings is 2. The molecule has 1 N–H and O–H groups in total. The third kappa shape index (κ3) is 5.21. The Balaban J connectivity index is 1.51. The van der Waals surface area contributed by atoms with Crippen LogP contribution in [-0.2, 0) is 19.6 Å². The molecule has 0 bridgehead atoms. The first-order valence-electron chi connectivity index (χ1n) is 9.38. The fourth-order valence-electron chi connectivity index (χ4n) is 3.10. The monoisotopic (exact) mass is 383 g/mol. The lowest BCUT2D eigenvalue weighted by molar-refractivity contribution is 0.247. The van der Waals surface area contributed by atoms with Gasteiger partial charge in [0.05, 0.1) is 0 Å². The molecule has 3 heterocycles. The lowest BCUT2D eigenvalue weighted by Crippen LogP contribution is -2.22. The molecule has 4 rings (SSSR count). The Morgan fingerprint density at radius 1 is 0.655 bits per heavy atom. The molecule has 3 aromatic heterocycles. The van der Waals surface area contributed by atoms with Crippen molar-refractivity contribution in [2.24, 2.45) is 0 Å². The highest BCUT2D eigenvalue weighted by Crippen LogP contribution is 2.17. The van der Waals surface area contributed by atoms with E-state index in [4.69, 9.17) is 0 Å². The Labute approximate surface area is 169 Å². The smallest absolute Gasteiger partial charge is 0.178 e. The molecular weight excluding hydrogens is 362 g/mol. The van der Waals surface area contributed by atoms with Crippen LogP contribution < -0.4 is 0 Å². The van der Waals surface area contributed by atoms with Gasteiger partial charge in [-0.05, 0) is 41.5 Å². The first kappa shape index (κ1) is 18.7. The zero-order valence-corrected chi connectivity index (χ0v) is 15.9. The molecule has 0 aliphatic rings. The molecule has 144 valence electrons. The molecule has 0 saturated heterocycles. The van der Waals surface area contributed by atoms with Crippen molar-refractivity contribution in [1.29, 1.82) is 0 Å². The van der Waals surface area contributed by atoms with Gasteiger partial charge in [-0.25, -0.2) is 9.97 Å². The van der Waals surface area contributed by atoms with Crippen LogP contribution in [0.1, 0.15) is 16.7 Å². The minimum Gasteiger partial charge on any atom is -0.508 e. The van der Waals surface area contributed by atoms with Crippen LogP contribution in [0.25, 0.3) is 11.5 Å². The molecule has 1 aromatic carbocycles. The third-order valence-electron chi connectivity index (χ3n) is 4.48. The van der Waals surface area contributed by atoms with Gasteiger partial charge in [0, 0.05) is 56.2 Å². The van der Waals surface area contributed by atoms with Crippen LogP contribution in [0.3, 0.4) is 0 Å². The lowest BCUT2D eigenvalue weighted by Gasteiger charge is -2.22. The maximum absolute atomic E-state index is 9.54. The number of aromatic nitrogens is 4. The molecule has 0 atom stereocenters. The summed E-state index contributed by atoms with van der Waals surface area (Å²) in [5.41, 5.74) is 4.04. The summed E-state index contributed by atoms with van der Waals surface area (Å²) in [4.78, 5) is 19.8. The minimum absolute atomic E-state index is 0.270. The zero-order valence-electron chi connectivity index (χ0n) is 15.9. The average Bonchev–Trinajstić information content (AvgIpc) is 2.77. The Kier molecular flexibility index (Phi) is 5.83. The van der Waals surface area contributed by atoms with E-state index in [1.165, 1.54) is 0 Å². The highest BCUT2D eigenvalue weighted by Gasteiger charge is 2.10. The molecule has 0 aliphatic carbocycles. The van der Waals surface area contributed by atoms with Gasteiger partial charge in [-0.1, -0.05) is 24.3 Å². The number of hydrogen-bond donors (Lipinski definition) is 1. The normalized spacial score (nSPS) is 10.9. The molecule has 0 aliphatic heterocycles.